The zero-order valence-corrected chi connectivity index (χ0v) is 9.16. The van der Waals surface area contributed by atoms with Gasteiger partial charge in [-0.25, -0.2) is 0 Å². The van der Waals surface area contributed by atoms with Crippen molar-refractivity contribution in [2.75, 3.05) is 27.2 Å². The molecule has 0 amide bonds. The predicted octanol–water partition coefficient (Wildman–Crippen LogP) is 1.42. The van der Waals surface area contributed by atoms with Crippen molar-refractivity contribution in [3.05, 3.63) is 0 Å². The van der Waals surface area contributed by atoms with E-state index < -0.39 is 0 Å². The van der Waals surface area contributed by atoms with Crippen LogP contribution in [0, 0.1) is 5.92 Å². The lowest BCUT2D eigenvalue weighted by atomic mass is 9.82. The summed E-state index contributed by atoms with van der Waals surface area (Å²) < 4.78 is 0. The molecule has 0 spiro atoms. The van der Waals surface area contributed by atoms with Crippen LogP contribution in [0.1, 0.15) is 26.2 Å². The Labute approximate surface area is 81.9 Å². The second-order valence-corrected chi connectivity index (χ2v) is 4.97. The second-order valence-electron chi connectivity index (χ2n) is 4.97. The van der Waals surface area contributed by atoms with E-state index in [-0.39, 0.29) is 0 Å². The molecule has 2 heterocycles. The maximum absolute atomic E-state index is 2.61. The smallest absolute Gasteiger partial charge is 0.0148 e. The first-order valence-corrected chi connectivity index (χ1v) is 5.59. The number of rotatable bonds is 0. The summed E-state index contributed by atoms with van der Waals surface area (Å²) in [4.78, 5) is 5.10. The highest BCUT2D eigenvalue weighted by atomic mass is 15.2. The van der Waals surface area contributed by atoms with Crippen LogP contribution in [-0.4, -0.2) is 49.1 Å². The van der Waals surface area contributed by atoms with Gasteiger partial charge < -0.3 is 9.80 Å². The van der Waals surface area contributed by atoms with E-state index in [1.54, 1.807) is 0 Å². The molecule has 2 heteroatoms. The molecule has 0 aromatic rings. The fourth-order valence-corrected chi connectivity index (χ4v) is 3.01. The van der Waals surface area contributed by atoms with Gasteiger partial charge in [0.05, 0.1) is 0 Å². The molecule has 0 bridgehead atoms. The van der Waals surface area contributed by atoms with Gasteiger partial charge in [-0.1, -0.05) is 0 Å². The fourth-order valence-electron chi connectivity index (χ4n) is 3.01. The third-order valence-corrected chi connectivity index (χ3v) is 4.07. The Morgan fingerprint density at radius 3 is 2.62 bits per heavy atom. The van der Waals surface area contributed by atoms with Crippen LogP contribution in [0.3, 0.4) is 0 Å². The Kier molecular flexibility index (Phi) is 2.61. The highest BCUT2D eigenvalue weighted by Crippen LogP contribution is 2.31. The summed E-state index contributed by atoms with van der Waals surface area (Å²) in [5, 5.41) is 0. The highest BCUT2D eigenvalue weighted by molar-refractivity contribution is 4.91. The molecule has 13 heavy (non-hydrogen) atoms. The molecular weight excluding hydrogens is 160 g/mol. The van der Waals surface area contributed by atoms with Crippen molar-refractivity contribution in [1.82, 2.24) is 9.80 Å². The monoisotopic (exact) mass is 182 g/mol. The van der Waals surface area contributed by atoms with Gasteiger partial charge in [0.1, 0.15) is 0 Å². The predicted molar refractivity (Wildman–Crippen MR) is 55.9 cm³/mol. The summed E-state index contributed by atoms with van der Waals surface area (Å²) in [6, 6.07) is 1.68. The summed E-state index contributed by atoms with van der Waals surface area (Å²) in [7, 11) is 4.57. The summed E-state index contributed by atoms with van der Waals surface area (Å²) in [5.41, 5.74) is 0. The minimum Gasteiger partial charge on any atom is -0.306 e. The topological polar surface area (TPSA) is 6.48 Å². The van der Waals surface area contributed by atoms with E-state index in [4.69, 9.17) is 0 Å². The van der Waals surface area contributed by atoms with Gasteiger partial charge in [-0.2, -0.15) is 0 Å². The number of likely N-dealkylation sites (tertiary alicyclic amines) is 2. The Bertz CT molecular complexity index is 181. The van der Waals surface area contributed by atoms with Gasteiger partial charge in [-0.15, -0.1) is 0 Å². The van der Waals surface area contributed by atoms with Gasteiger partial charge in [0, 0.05) is 18.6 Å². The van der Waals surface area contributed by atoms with Crippen LogP contribution >= 0.6 is 0 Å². The summed E-state index contributed by atoms with van der Waals surface area (Å²) in [6.45, 7) is 4.98. The van der Waals surface area contributed by atoms with Crippen molar-refractivity contribution in [2.24, 2.45) is 5.92 Å². The van der Waals surface area contributed by atoms with E-state index >= 15 is 0 Å². The summed E-state index contributed by atoms with van der Waals surface area (Å²) in [5.74, 6) is 0.944. The normalized spacial score (nSPS) is 43.2. The van der Waals surface area contributed by atoms with E-state index in [9.17, 15) is 0 Å². The maximum Gasteiger partial charge on any atom is 0.0148 e. The van der Waals surface area contributed by atoms with E-state index in [1.165, 1.54) is 32.4 Å². The Balaban J connectivity index is 2.02. The van der Waals surface area contributed by atoms with E-state index in [0.717, 1.165) is 18.0 Å². The SMILES string of the molecule is CC1CCC2CN(C)CCC2N1C. The molecule has 2 saturated heterocycles. The third kappa shape index (κ3) is 1.75. The standard InChI is InChI=1S/C11H22N2/c1-9-4-5-10-8-12(2)7-6-11(10)13(9)3/h9-11H,4-8H2,1-3H3. The first-order chi connectivity index (χ1) is 6.18. The Hall–Kier alpha value is -0.0800. The van der Waals surface area contributed by atoms with Crippen molar-refractivity contribution in [3.8, 4) is 0 Å². The van der Waals surface area contributed by atoms with Gasteiger partial charge in [0.2, 0.25) is 0 Å². The maximum atomic E-state index is 2.61. The second kappa shape index (κ2) is 3.58. The lowest BCUT2D eigenvalue weighted by molar-refractivity contribution is 0.0187. The van der Waals surface area contributed by atoms with Crippen molar-refractivity contribution < 1.29 is 0 Å². The van der Waals surface area contributed by atoms with Gasteiger partial charge >= 0.3 is 0 Å². The molecule has 3 atom stereocenters. The van der Waals surface area contributed by atoms with Crippen molar-refractivity contribution in [1.29, 1.82) is 0 Å². The molecule has 0 saturated carbocycles. The lowest BCUT2D eigenvalue weighted by Gasteiger charge is -2.48. The van der Waals surface area contributed by atoms with E-state index in [2.05, 4.69) is 30.8 Å². The summed E-state index contributed by atoms with van der Waals surface area (Å²) in [6.07, 6.45) is 4.22. The Morgan fingerprint density at radius 1 is 1.08 bits per heavy atom. The van der Waals surface area contributed by atoms with Crippen LogP contribution in [-0.2, 0) is 0 Å². The lowest BCUT2D eigenvalue weighted by Crippen LogP contribution is -2.54. The highest BCUT2D eigenvalue weighted by Gasteiger charge is 2.35. The molecule has 0 N–H and O–H groups in total. The van der Waals surface area contributed by atoms with Crippen LogP contribution in [0.2, 0.25) is 0 Å². The van der Waals surface area contributed by atoms with E-state index in [1.807, 2.05) is 0 Å². The largest absolute Gasteiger partial charge is 0.306 e. The molecule has 0 aromatic heterocycles. The van der Waals surface area contributed by atoms with Crippen LogP contribution in [0.25, 0.3) is 0 Å². The molecule has 0 aromatic carbocycles. The zero-order chi connectivity index (χ0) is 9.42. The van der Waals surface area contributed by atoms with Crippen LogP contribution in [0.5, 0.6) is 0 Å². The van der Waals surface area contributed by atoms with Gasteiger partial charge in [-0.05, 0) is 52.7 Å². The third-order valence-electron chi connectivity index (χ3n) is 4.07. The minimum atomic E-state index is 0.810. The first-order valence-electron chi connectivity index (χ1n) is 5.59. The average molecular weight is 182 g/mol. The molecule has 2 aliphatic heterocycles. The van der Waals surface area contributed by atoms with Gasteiger partial charge in [0.15, 0.2) is 0 Å². The molecule has 2 nitrogen and oxygen atoms in total. The fraction of sp³-hybridized carbons (Fsp3) is 1.00. The summed E-state index contributed by atoms with van der Waals surface area (Å²) >= 11 is 0. The van der Waals surface area contributed by atoms with Crippen LogP contribution < -0.4 is 0 Å². The molecule has 0 radical (unpaired) electrons. The number of piperidine rings is 2. The first kappa shape index (κ1) is 9.47. The molecular formula is C11H22N2. The number of fused-ring (bicyclic) bond motifs is 1. The van der Waals surface area contributed by atoms with Crippen LogP contribution in [0.4, 0.5) is 0 Å². The minimum absolute atomic E-state index is 0.810. The number of nitrogens with zero attached hydrogens (tertiary/aromatic N) is 2. The molecule has 0 aliphatic carbocycles. The number of hydrogen-bond donors (Lipinski definition) is 0. The van der Waals surface area contributed by atoms with Gasteiger partial charge in [-0.3, -0.25) is 0 Å². The van der Waals surface area contributed by atoms with Crippen molar-refractivity contribution >= 4 is 0 Å². The molecule has 76 valence electrons. The van der Waals surface area contributed by atoms with E-state index in [0.29, 0.717) is 0 Å². The quantitative estimate of drug-likeness (QED) is 0.559. The molecule has 3 unspecified atom stereocenters. The van der Waals surface area contributed by atoms with Gasteiger partial charge in [0.25, 0.3) is 0 Å². The Morgan fingerprint density at radius 2 is 1.85 bits per heavy atom. The van der Waals surface area contributed by atoms with Crippen LogP contribution in [0.15, 0.2) is 0 Å². The zero-order valence-electron chi connectivity index (χ0n) is 9.16. The molecule has 2 rings (SSSR count). The molecule has 2 aliphatic rings. The van der Waals surface area contributed by atoms with Crippen molar-refractivity contribution in [2.45, 2.75) is 38.3 Å². The number of hydrogen-bond acceptors (Lipinski definition) is 2. The average Bonchev–Trinajstić information content (AvgIpc) is 2.12. The molecule has 2 fully saturated rings. The van der Waals surface area contributed by atoms with Crippen molar-refractivity contribution in [3.63, 3.8) is 0 Å².